The van der Waals surface area contributed by atoms with Crippen LogP contribution < -0.4 is 9.47 Å². The second-order valence-electron chi connectivity index (χ2n) is 6.41. The summed E-state index contributed by atoms with van der Waals surface area (Å²) in [6, 6.07) is 11.4. The van der Waals surface area contributed by atoms with Gasteiger partial charge in [0.15, 0.2) is 0 Å². The lowest BCUT2D eigenvalue weighted by atomic mass is 10.2. The number of hydrogen-bond acceptors (Lipinski definition) is 6. The van der Waals surface area contributed by atoms with E-state index in [1.54, 1.807) is 0 Å². The molecule has 2 rings (SSSR count). The monoisotopic (exact) mass is 452 g/mol. The Balaban J connectivity index is 1.71. The van der Waals surface area contributed by atoms with Crippen molar-refractivity contribution in [2.75, 3.05) is 13.2 Å². The Morgan fingerprint density at radius 3 is 1.94 bits per heavy atom. The lowest BCUT2D eigenvalue weighted by Crippen LogP contribution is -2.21. The van der Waals surface area contributed by atoms with Crippen LogP contribution in [-0.4, -0.2) is 42.4 Å². The van der Waals surface area contributed by atoms with Gasteiger partial charge in [0.2, 0.25) is 0 Å². The van der Waals surface area contributed by atoms with Gasteiger partial charge >= 0.3 is 24.1 Å². The van der Waals surface area contributed by atoms with E-state index in [0.717, 1.165) is 0 Å². The summed E-state index contributed by atoms with van der Waals surface area (Å²) >= 11 is 0. The Morgan fingerprint density at radius 2 is 1.38 bits per heavy atom. The van der Waals surface area contributed by atoms with E-state index >= 15 is 0 Å². The van der Waals surface area contributed by atoms with Gasteiger partial charge in [0.1, 0.15) is 17.1 Å². The van der Waals surface area contributed by atoms with Crippen molar-refractivity contribution in [3.63, 3.8) is 0 Å². The maximum absolute atomic E-state index is 12.3. The lowest BCUT2D eigenvalue weighted by molar-refractivity contribution is -0.150. The minimum absolute atomic E-state index is 0.0659. The summed E-state index contributed by atoms with van der Waals surface area (Å²) in [6.45, 7) is 2.68. The van der Waals surface area contributed by atoms with Crippen LogP contribution in [0.2, 0.25) is 0 Å². The largest absolute Gasteiger partial charge is 0.494 e. The molecule has 0 atom stereocenters. The number of rotatable bonds is 10. The number of carboxylic acids is 1. The van der Waals surface area contributed by atoms with E-state index in [0.29, 0.717) is 18.6 Å². The number of alkyl halides is 3. The van der Waals surface area contributed by atoms with E-state index in [1.165, 1.54) is 48.5 Å². The average Bonchev–Trinajstić information content (AvgIpc) is 2.75. The van der Waals surface area contributed by atoms with E-state index in [4.69, 9.17) is 14.6 Å². The van der Waals surface area contributed by atoms with Gasteiger partial charge in [-0.3, -0.25) is 0 Å². The maximum Gasteiger partial charge on any atom is 0.422 e. The molecule has 0 aliphatic heterocycles. The van der Waals surface area contributed by atoms with E-state index in [9.17, 15) is 27.6 Å². The predicted octanol–water partition coefficient (Wildman–Crippen LogP) is 4.42. The summed E-state index contributed by atoms with van der Waals surface area (Å²) in [5, 5.41) is 8.85. The number of hydrogen-bond donors (Lipinski definition) is 1. The van der Waals surface area contributed by atoms with E-state index in [-0.39, 0.29) is 30.1 Å². The molecule has 0 aliphatic carbocycles. The first-order valence-corrected chi connectivity index (χ1v) is 9.29. The Labute approximate surface area is 181 Å². The van der Waals surface area contributed by atoms with E-state index in [1.807, 2.05) is 0 Å². The third-order valence-corrected chi connectivity index (χ3v) is 4.03. The number of halogens is 3. The summed E-state index contributed by atoms with van der Waals surface area (Å²) in [6.07, 6.45) is -4.10. The average molecular weight is 452 g/mol. The zero-order chi connectivity index (χ0) is 23.7. The number of ether oxygens (including phenoxy) is 3. The summed E-state index contributed by atoms with van der Waals surface area (Å²) in [5.74, 6) is -2.58. The topological polar surface area (TPSA) is 99.1 Å². The number of carboxylic acid groups (broad SMARTS) is 1. The summed E-state index contributed by atoms with van der Waals surface area (Å²) in [7, 11) is 0. The zero-order valence-electron chi connectivity index (χ0n) is 16.7. The molecule has 0 aliphatic rings. The fourth-order valence-corrected chi connectivity index (χ4v) is 2.28. The number of carbonyl (C=O) groups excluding carboxylic acids is 2. The van der Waals surface area contributed by atoms with Gasteiger partial charge in [0, 0.05) is 0 Å². The Bertz CT molecular complexity index is 965. The third kappa shape index (κ3) is 7.46. The molecule has 0 aromatic heterocycles. The van der Waals surface area contributed by atoms with Crippen LogP contribution >= 0.6 is 0 Å². The van der Waals surface area contributed by atoms with Gasteiger partial charge in [-0.1, -0.05) is 6.58 Å². The molecule has 0 heterocycles. The zero-order valence-corrected chi connectivity index (χ0v) is 16.7. The molecule has 0 fully saturated rings. The van der Waals surface area contributed by atoms with Crippen molar-refractivity contribution in [2.45, 2.75) is 19.0 Å². The molecule has 1 N–H and O–H groups in total. The second-order valence-corrected chi connectivity index (χ2v) is 6.41. The molecular formula is C22H19F3O7. The highest BCUT2D eigenvalue weighted by molar-refractivity contribution is 5.91. The highest BCUT2D eigenvalue weighted by atomic mass is 19.4. The molecule has 170 valence electrons. The van der Waals surface area contributed by atoms with Gasteiger partial charge in [-0.05, 0) is 61.4 Å². The molecule has 0 bridgehead atoms. The molecule has 0 saturated heterocycles. The smallest absolute Gasteiger partial charge is 0.422 e. The first-order chi connectivity index (χ1) is 15.1. The maximum atomic E-state index is 12.3. The molecule has 0 unspecified atom stereocenters. The highest BCUT2D eigenvalue weighted by Crippen LogP contribution is 2.24. The Morgan fingerprint density at radius 1 is 0.844 bits per heavy atom. The fraction of sp³-hybridized carbons (Fsp3) is 0.227. The van der Waals surface area contributed by atoms with Gasteiger partial charge in [-0.15, -0.1) is 0 Å². The van der Waals surface area contributed by atoms with Crippen LogP contribution in [0, 0.1) is 0 Å². The third-order valence-electron chi connectivity index (χ3n) is 4.03. The van der Waals surface area contributed by atoms with Crippen LogP contribution in [0.4, 0.5) is 13.2 Å². The van der Waals surface area contributed by atoms with Crippen LogP contribution in [0.3, 0.4) is 0 Å². The van der Waals surface area contributed by atoms with Crippen LogP contribution in [-0.2, 0) is 9.53 Å². The first-order valence-electron chi connectivity index (χ1n) is 9.29. The number of carbonyl (C=O) groups is 3. The predicted molar refractivity (Wildman–Crippen MR) is 106 cm³/mol. The van der Waals surface area contributed by atoms with Crippen molar-refractivity contribution in [3.05, 3.63) is 71.8 Å². The minimum Gasteiger partial charge on any atom is -0.494 e. The standard InChI is InChI=1S/C22H19F3O7/c1-14(22(23,24)25)20(28)31-13-3-2-12-30-17-8-6-16(7-9-17)21(29)32-18-10-4-15(5-11-18)19(26)27/h4-11H,1-3,12-13H2,(H,26,27). The van der Waals surface area contributed by atoms with Crippen molar-refractivity contribution in [1.29, 1.82) is 0 Å². The Kier molecular flexibility index (Phi) is 8.39. The molecule has 7 nitrogen and oxygen atoms in total. The fourth-order valence-electron chi connectivity index (χ4n) is 2.28. The van der Waals surface area contributed by atoms with Crippen molar-refractivity contribution >= 4 is 17.9 Å². The second kappa shape index (κ2) is 11.0. The van der Waals surface area contributed by atoms with Crippen LogP contribution in [0.15, 0.2) is 60.7 Å². The molecule has 2 aromatic carbocycles. The first kappa shape index (κ1) is 24.4. The van der Waals surface area contributed by atoms with Crippen LogP contribution in [0.25, 0.3) is 0 Å². The van der Waals surface area contributed by atoms with Gasteiger partial charge < -0.3 is 19.3 Å². The summed E-state index contributed by atoms with van der Waals surface area (Å²) in [5.41, 5.74) is -1.24. The number of unbranched alkanes of at least 4 members (excludes halogenated alkanes) is 1. The number of benzene rings is 2. The highest BCUT2D eigenvalue weighted by Gasteiger charge is 2.37. The van der Waals surface area contributed by atoms with Gasteiger partial charge in [0.25, 0.3) is 0 Å². The lowest BCUT2D eigenvalue weighted by Gasteiger charge is -2.10. The quantitative estimate of drug-likeness (QED) is 0.247. The van der Waals surface area contributed by atoms with Crippen LogP contribution in [0.1, 0.15) is 33.6 Å². The molecule has 0 radical (unpaired) electrons. The minimum atomic E-state index is -4.82. The molecule has 0 saturated carbocycles. The van der Waals surface area contributed by atoms with Crippen molar-refractivity contribution in [3.8, 4) is 11.5 Å². The molecule has 0 amide bonds. The normalized spacial score (nSPS) is 10.8. The molecule has 32 heavy (non-hydrogen) atoms. The van der Waals surface area contributed by atoms with E-state index < -0.39 is 29.7 Å². The summed E-state index contributed by atoms with van der Waals surface area (Å²) < 4.78 is 52.0. The van der Waals surface area contributed by atoms with Crippen molar-refractivity contribution < 1.29 is 46.9 Å². The van der Waals surface area contributed by atoms with Crippen molar-refractivity contribution in [1.82, 2.24) is 0 Å². The van der Waals surface area contributed by atoms with E-state index in [2.05, 4.69) is 11.3 Å². The molecule has 10 heteroatoms. The number of aromatic carboxylic acids is 1. The van der Waals surface area contributed by atoms with Gasteiger partial charge in [-0.2, -0.15) is 13.2 Å². The number of esters is 2. The summed E-state index contributed by atoms with van der Waals surface area (Å²) in [4.78, 5) is 34.1. The molecule has 2 aromatic rings. The van der Waals surface area contributed by atoms with Gasteiger partial charge in [-0.25, -0.2) is 14.4 Å². The van der Waals surface area contributed by atoms with Crippen LogP contribution in [0.5, 0.6) is 11.5 Å². The molecule has 0 spiro atoms. The van der Waals surface area contributed by atoms with Gasteiger partial charge in [0.05, 0.1) is 24.3 Å². The Hall–Kier alpha value is -3.82. The van der Waals surface area contributed by atoms with Crippen molar-refractivity contribution in [2.24, 2.45) is 0 Å². The SMILES string of the molecule is C=C(C(=O)OCCCCOc1ccc(C(=O)Oc2ccc(C(=O)O)cc2)cc1)C(F)(F)F. The molecular weight excluding hydrogens is 433 g/mol.